The fourth-order valence-electron chi connectivity index (χ4n) is 2.23. The van der Waals surface area contributed by atoms with Crippen molar-refractivity contribution in [1.82, 2.24) is 14.7 Å². The molecule has 0 amide bonds. The Bertz CT molecular complexity index is 981. The van der Waals surface area contributed by atoms with E-state index >= 15 is 0 Å². The quantitative estimate of drug-likeness (QED) is 0.680. The topological polar surface area (TPSA) is 102 Å². The second kappa shape index (κ2) is 6.96. The molecule has 25 heavy (non-hydrogen) atoms. The van der Waals surface area contributed by atoms with Gasteiger partial charge in [0.1, 0.15) is 5.69 Å². The molecule has 8 heteroatoms. The molecule has 0 saturated carbocycles. The SMILES string of the molecule is CC(=O)c1ccc(S(=O)(=O)NCc2nccnc2-c2ccco2)cc1. The molecule has 0 saturated heterocycles. The van der Waals surface area contributed by atoms with Crippen molar-refractivity contribution >= 4 is 15.8 Å². The number of carbonyl (C=O) groups excluding carboxylic acids is 1. The largest absolute Gasteiger partial charge is 0.463 e. The molecule has 0 aliphatic rings. The van der Waals surface area contributed by atoms with Crippen molar-refractivity contribution in [2.24, 2.45) is 0 Å². The lowest BCUT2D eigenvalue weighted by Crippen LogP contribution is -2.24. The Morgan fingerprint density at radius 1 is 1.12 bits per heavy atom. The van der Waals surface area contributed by atoms with Crippen molar-refractivity contribution in [3.05, 3.63) is 66.3 Å². The number of rotatable bonds is 6. The van der Waals surface area contributed by atoms with E-state index in [1.165, 1.54) is 49.8 Å². The molecule has 0 aliphatic heterocycles. The van der Waals surface area contributed by atoms with Crippen LogP contribution in [0.15, 0.2) is 64.4 Å². The molecule has 2 aromatic heterocycles. The van der Waals surface area contributed by atoms with Gasteiger partial charge in [-0.1, -0.05) is 12.1 Å². The van der Waals surface area contributed by atoms with Crippen molar-refractivity contribution in [1.29, 1.82) is 0 Å². The van der Waals surface area contributed by atoms with Crippen LogP contribution < -0.4 is 4.72 Å². The maximum atomic E-state index is 12.4. The third kappa shape index (κ3) is 3.81. The lowest BCUT2D eigenvalue weighted by Gasteiger charge is -2.09. The highest BCUT2D eigenvalue weighted by Crippen LogP contribution is 2.20. The Morgan fingerprint density at radius 2 is 1.84 bits per heavy atom. The number of aromatic nitrogens is 2. The molecule has 0 atom stereocenters. The van der Waals surface area contributed by atoms with E-state index in [0.29, 0.717) is 22.7 Å². The summed E-state index contributed by atoms with van der Waals surface area (Å²) in [4.78, 5) is 19.7. The van der Waals surface area contributed by atoms with Gasteiger partial charge in [0.15, 0.2) is 11.5 Å². The minimum Gasteiger partial charge on any atom is -0.463 e. The monoisotopic (exact) mass is 357 g/mol. The standard InChI is InChI=1S/C17H15N3O4S/c1-12(21)13-4-6-14(7-5-13)25(22,23)20-11-15-17(19-9-8-18-15)16-3-2-10-24-16/h2-10,20H,11H2,1H3. The van der Waals surface area contributed by atoms with Gasteiger partial charge in [-0.2, -0.15) is 0 Å². The van der Waals surface area contributed by atoms with Crippen LogP contribution in [0.5, 0.6) is 0 Å². The van der Waals surface area contributed by atoms with Gasteiger partial charge >= 0.3 is 0 Å². The minimum absolute atomic E-state index is 0.0410. The zero-order valence-electron chi connectivity index (χ0n) is 13.3. The van der Waals surface area contributed by atoms with Crippen LogP contribution in [0.3, 0.4) is 0 Å². The Kier molecular flexibility index (Phi) is 4.73. The van der Waals surface area contributed by atoms with Gasteiger partial charge in [-0.05, 0) is 31.2 Å². The number of carbonyl (C=O) groups is 1. The number of ketones is 1. The maximum Gasteiger partial charge on any atom is 0.240 e. The number of nitrogens with one attached hydrogen (secondary N) is 1. The van der Waals surface area contributed by atoms with E-state index in [1.807, 2.05) is 0 Å². The van der Waals surface area contributed by atoms with Crippen LogP contribution in [0, 0.1) is 0 Å². The van der Waals surface area contributed by atoms with Gasteiger partial charge in [0.25, 0.3) is 0 Å². The molecule has 1 aromatic carbocycles. The molecule has 2 heterocycles. The van der Waals surface area contributed by atoms with Gasteiger partial charge in [0.05, 0.1) is 23.4 Å². The molecule has 0 spiro atoms. The highest BCUT2D eigenvalue weighted by atomic mass is 32.2. The summed E-state index contributed by atoms with van der Waals surface area (Å²) in [6.45, 7) is 1.38. The Morgan fingerprint density at radius 3 is 2.48 bits per heavy atom. The lowest BCUT2D eigenvalue weighted by atomic mass is 10.2. The van der Waals surface area contributed by atoms with Crippen molar-refractivity contribution in [2.45, 2.75) is 18.4 Å². The summed E-state index contributed by atoms with van der Waals surface area (Å²) in [7, 11) is -3.75. The summed E-state index contributed by atoms with van der Waals surface area (Å²) in [5.74, 6) is 0.382. The lowest BCUT2D eigenvalue weighted by molar-refractivity contribution is 0.101. The molecule has 0 unspecified atom stereocenters. The highest BCUT2D eigenvalue weighted by molar-refractivity contribution is 7.89. The smallest absolute Gasteiger partial charge is 0.240 e. The van der Waals surface area contributed by atoms with Crippen LogP contribution in [0.25, 0.3) is 11.5 Å². The normalized spacial score (nSPS) is 11.4. The van der Waals surface area contributed by atoms with E-state index in [0.717, 1.165) is 0 Å². The van der Waals surface area contributed by atoms with Crippen LogP contribution in [-0.4, -0.2) is 24.2 Å². The molecule has 7 nitrogen and oxygen atoms in total. The van der Waals surface area contributed by atoms with Crippen molar-refractivity contribution in [2.75, 3.05) is 0 Å². The fourth-order valence-corrected chi connectivity index (χ4v) is 3.22. The molecular formula is C17H15N3O4S. The van der Waals surface area contributed by atoms with Crippen LogP contribution in [-0.2, 0) is 16.6 Å². The summed E-state index contributed by atoms with van der Waals surface area (Å²) < 4.78 is 32.6. The van der Waals surface area contributed by atoms with Gasteiger partial charge in [-0.15, -0.1) is 0 Å². The molecule has 0 aliphatic carbocycles. The first-order valence-electron chi connectivity index (χ1n) is 7.42. The number of furan rings is 1. The van der Waals surface area contributed by atoms with Crippen molar-refractivity contribution in [3.63, 3.8) is 0 Å². The first-order valence-corrected chi connectivity index (χ1v) is 8.90. The van der Waals surface area contributed by atoms with Gasteiger partial charge in [-0.25, -0.2) is 18.1 Å². The van der Waals surface area contributed by atoms with E-state index < -0.39 is 10.0 Å². The third-order valence-electron chi connectivity index (χ3n) is 3.53. The highest BCUT2D eigenvalue weighted by Gasteiger charge is 2.17. The molecule has 0 bridgehead atoms. The average Bonchev–Trinajstić information content (AvgIpc) is 3.15. The van der Waals surface area contributed by atoms with E-state index in [4.69, 9.17) is 4.42 Å². The molecule has 0 fully saturated rings. The second-order valence-electron chi connectivity index (χ2n) is 5.23. The summed E-state index contributed by atoms with van der Waals surface area (Å²) >= 11 is 0. The van der Waals surface area contributed by atoms with Crippen LogP contribution in [0.2, 0.25) is 0 Å². The molecule has 3 aromatic rings. The molecule has 1 N–H and O–H groups in total. The predicted molar refractivity (Wildman–Crippen MR) is 90.2 cm³/mol. The second-order valence-corrected chi connectivity index (χ2v) is 7.00. The fraction of sp³-hybridized carbons (Fsp3) is 0.118. The third-order valence-corrected chi connectivity index (χ3v) is 4.95. The van der Waals surface area contributed by atoms with Crippen molar-refractivity contribution < 1.29 is 17.6 Å². The maximum absolute atomic E-state index is 12.4. The van der Waals surface area contributed by atoms with E-state index in [9.17, 15) is 13.2 Å². The van der Waals surface area contributed by atoms with E-state index in [1.54, 1.807) is 12.1 Å². The predicted octanol–water partition coefficient (Wildman–Crippen LogP) is 2.42. The molecule has 0 radical (unpaired) electrons. The minimum atomic E-state index is -3.75. The summed E-state index contributed by atoms with van der Waals surface area (Å²) in [6.07, 6.45) is 4.50. The Balaban J connectivity index is 1.80. The van der Waals surface area contributed by atoms with Gasteiger partial charge < -0.3 is 4.42 Å². The van der Waals surface area contributed by atoms with E-state index in [2.05, 4.69) is 14.7 Å². The zero-order valence-corrected chi connectivity index (χ0v) is 14.2. The Hall–Kier alpha value is -2.84. The summed E-state index contributed by atoms with van der Waals surface area (Å²) in [5.41, 5.74) is 1.37. The first-order chi connectivity index (χ1) is 12.0. The van der Waals surface area contributed by atoms with Gasteiger partial charge in [0.2, 0.25) is 10.0 Å². The van der Waals surface area contributed by atoms with E-state index in [-0.39, 0.29) is 17.2 Å². The van der Waals surface area contributed by atoms with Gasteiger partial charge in [0, 0.05) is 18.0 Å². The van der Waals surface area contributed by atoms with Crippen molar-refractivity contribution in [3.8, 4) is 11.5 Å². The Labute approximate surface area is 144 Å². The van der Waals surface area contributed by atoms with Crippen LogP contribution in [0.4, 0.5) is 0 Å². The van der Waals surface area contributed by atoms with Crippen LogP contribution in [0.1, 0.15) is 23.0 Å². The molecule has 3 rings (SSSR count). The number of benzene rings is 1. The molecular weight excluding hydrogens is 342 g/mol. The number of hydrogen-bond donors (Lipinski definition) is 1. The number of nitrogens with zero attached hydrogens (tertiary/aromatic N) is 2. The number of sulfonamides is 1. The average molecular weight is 357 g/mol. The number of Topliss-reactive ketones (excluding diaryl/α,β-unsaturated/α-hetero) is 1. The first kappa shape index (κ1) is 17.0. The van der Waals surface area contributed by atoms with Gasteiger partial charge in [-0.3, -0.25) is 9.78 Å². The summed E-state index contributed by atoms with van der Waals surface area (Å²) in [6, 6.07) is 9.18. The summed E-state index contributed by atoms with van der Waals surface area (Å²) in [5, 5.41) is 0. The number of hydrogen-bond acceptors (Lipinski definition) is 6. The molecule has 128 valence electrons. The zero-order chi connectivity index (χ0) is 17.9. The van der Waals surface area contributed by atoms with Crippen LogP contribution >= 0.6 is 0 Å².